The van der Waals surface area contributed by atoms with Gasteiger partial charge in [-0.3, -0.25) is 9.10 Å². The minimum absolute atomic E-state index is 0.0330. The average Bonchev–Trinajstić information content (AvgIpc) is 3.54. The molecule has 1 aromatic heterocycles. The lowest BCUT2D eigenvalue weighted by Gasteiger charge is -2.20. The van der Waals surface area contributed by atoms with Crippen LogP contribution in [-0.2, 0) is 10.0 Å². The number of aromatic nitrogens is 2. The molecule has 1 aliphatic carbocycles. The van der Waals surface area contributed by atoms with Crippen LogP contribution in [0.15, 0.2) is 64.0 Å². The molecule has 168 valence electrons. The molecule has 1 atom stereocenters. The van der Waals surface area contributed by atoms with Gasteiger partial charge in [-0.2, -0.15) is 4.98 Å². The van der Waals surface area contributed by atoms with Gasteiger partial charge in [0.25, 0.3) is 15.9 Å². The van der Waals surface area contributed by atoms with Gasteiger partial charge in [0.1, 0.15) is 6.04 Å². The second-order valence-electron chi connectivity index (χ2n) is 8.29. The van der Waals surface area contributed by atoms with Crippen LogP contribution in [0.2, 0.25) is 0 Å². The molecule has 2 aromatic carbocycles. The summed E-state index contributed by atoms with van der Waals surface area (Å²) in [5.74, 6) is 1.14. The fraction of sp³-hybridized carbons (Fsp3) is 0.348. The molecule has 0 radical (unpaired) electrons. The van der Waals surface area contributed by atoms with Crippen molar-refractivity contribution < 1.29 is 17.7 Å². The van der Waals surface area contributed by atoms with Gasteiger partial charge >= 0.3 is 0 Å². The minimum Gasteiger partial charge on any atom is -0.340 e. The zero-order valence-corrected chi connectivity index (χ0v) is 19.0. The molecule has 3 aromatic rings. The number of hydrogen-bond acceptors (Lipinski definition) is 6. The molecule has 8 nitrogen and oxygen atoms in total. The zero-order chi connectivity index (χ0) is 22.9. The largest absolute Gasteiger partial charge is 0.340 e. The molecule has 1 unspecified atom stereocenters. The summed E-state index contributed by atoms with van der Waals surface area (Å²) in [6.45, 7) is 3.92. The van der Waals surface area contributed by atoms with Crippen LogP contribution in [0.3, 0.4) is 0 Å². The number of benzene rings is 2. The van der Waals surface area contributed by atoms with Gasteiger partial charge in [-0.1, -0.05) is 37.2 Å². The summed E-state index contributed by atoms with van der Waals surface area (Å²) in [5.41, 5.74) is 0.901. The van der Waals surface area contributed by atoms with Crippen LogP contribution in [0.4, 0.5) is 5.69 Å². The number of hydrogen-bond donors (Lipinski definition) is 1. The minimum atomic E-state index is -3.75. The maximum atomic E-state index is 12.9. The van der Waals surface area contributed by atoms with Gasteiger partial charge in [0.05, 0.1) is 10.6 Å². The molecule has 1 N–H and O–H groups in total. The maximum Gasteiger partial charge on any atom is 0.264 e. The molecule has 1 aliphatic rings. The summed E-state index contributed by atoms with van der Waals surface area (Å²) in [6.07, 6.45) is 2.12. The van der Waals surface area contributed by atoms with Gasteiger partial charge in [0, 0.05) is 18.5 Å². The Balaban J connectivity index is 1.49. The van der Waals surface area contributed by atoms with E-state index in [1.807, 2.05) is 19.9 Å². The van der Waals surface area contributed by atoms with E-state index in [-0.39, 0.29) is 16.7 Å². The number of para-hydroxylation sites is 1. The summed E-state index contributed by atoms with van der Waals surface area (Å²) in [5, 5.41) is 6.97. The van der Waals surface area contributed by atoms with Crippen molar-refractivity contribution in [2.75, 3.05) is 11.4 Å². The SMILES string of the molecule is CC(C)C(NC(=O)c1ccc(S(=O)(=O)N(C)c2ccccc2)cc1)c1nc(C2CC2)no1. The number of nitrogens with zero attached hydrogens (tertiary/aromatic N) is 3. The quantitative estimate of drug-likeness (QED) is 0.553. The highest BCUT2D eigenvalue weighted by molar-refractivity contribution is 7.92. The Morgan fingerprint density at radius 3 is 2.34 bits per heavy atom. The Morgan fingerprint density at radius 1 is 1.09 bits per heavy atom. The third-order valence-electron chi connectivity index (χ3n) is 5.51. The van der Waals surface area contributed by atoms with Crippen molar-refractivity contribution in [2.45, 2.75) is 43.5 Å². The normalized spacial score (nSPS) is 14.9. The molecule has 9 heteroatoms. The summed E-state index contributed by atoms with van der Waals surface area (Å²) in [7, 11) is -2.25. The van der Waals surface area contributed by atoms with Gasteiger partial charge in [0.15, 0.2) is 5.82 Å². The van der Waals surface area contributed by atoms with Crippen LogP contribution in [0.25, 0.3) is 0 Å². The number of anilines is 1. The lowest BCUT2D eigenvalue weighted by atomic mass is 10.0. The predicted molar refractivity (Wildman–Crippen MR) is 120 cm³/mol. The fourth-order valence-corrected chi connectivity index (χ4v) is 4.53. The van der Waals surface area contributed by atoms with Crippen LogP contribution < -0.4 is 9.62 Å². The number of nitrogens with one attached hydrogen (secondary N) is 1. The number of sulfonamides is 1. The van der Waals surface area contributed by atoms with Crippen molar-refractivity contribution in [3.05, 3.63) is 71.9 Å². The molecular formula is C23H26N4O4S. The predicted octanol–water partition coefficient (Wildman–Crippen LogP) is 3.90. The molecule has 4 rings (SSSR count). The standard InChI is InChI=1S/C23H26N4O4S/c1-15(2)20(23-25-21(26-31-23)16-9-10-16)24-22(28)17-11-13-19(14-12-17)32(29,30)27(3)18-7-5-4-6-8-18/h4-8,11-16,20H,9-10H2,1-3H3,(H,24,28). The number of carbonyl (C=O) groups excluding carboxylic acids is 1. The summed E-state index contributed by atoms with van der Waals surface area (Å²) in [4.78, 5) is 17.4. The van der Waals surface area contributed by atoms with E-state index in [4.69, 9.17) is 4.52 Å². The molecule has 1 fully saturated rings. The van der Waals surface area contributed by atoms with Crippen molar-refractivity contribution in [1.29, 1.82) is 0 Å². The Labute approximate surface area is 187 Å². The first-order chi connectivity index (χ1) is 15.3. The van der Waals surface area contributed by atoms with Gasteiger partial charge in [-0.05, 0) is 55.2 Å². The molecule has 0 bridgehead atoms. The second-order valence-corrected chi connectivity index (χ2v) is 10.3. The lowest BCUT2D eigenvalue weighted by molar-refractivity contribution is 0.0914. The zero-order valence-electron chi connectivity index (χ0n) is 18.2. The highest BCUT2D eigenvalue weighted by atomic mass is 32.2. The summed E-state index contributed by atoms with van der Waals surface area (Å²) < 4.78 is 32.5. The molecule has 1 amide bonds. The molecule has 1 heterocycles. The first kappa shape index (κ1) is 22.0. The highest BCUT2D eigenvalue weighted by Gasteiger charge is 2.32. The van der Waals surface area contributed by atoms with Gasteiger partial charge in [-0.15, -0.1) is 0 Å². The number of amides is 1. The van der Waals surface area contributed by atoms with Gasteiger partial charge in [0.2, 0.25) is 5.89 Å². The Morgan fingerprint density at radius 2 is 1.75 bits per heavy atom. The van der Waals surface area contributed by atoms with E-state index >= 15 is 0 Å². The first-order valence-electron chi connectivity index (χ1n) is 10.6. The monoisotopic (exact) mass is 454 g/mol. The van der Waals surface area contributed by atoms with E-state index < -0.39 is 16.1 Å². The molecule has 32 heavy (non-hydrogen) atoms. The van der Waals surface area contributed by atoms with Crippen molar-refractivity contribution >= 4 is 21.6 Å². The van der Waals surface area contributed by atoms with Gasteiger partial charge < -0.3 is 9.84 Å². The van der Waals surface area contributed by atoms with Crippen LogP contribution in [0.1, 0.15) is 60.7 Å². The summed E-state index contributed by atoms with van der Waals surface area (Å²) in [6, 6.07) is 14.3. The lowest BCUT2D eigenvalue weighted by Crippen LogP contribution is -2.32. The van der Waals surface area contributed by atoms with E-state index in [9.17, 15) is 13.2 Å². The van der Waals surface area contributed by atoms with Crippen LogP contribution >= 0.6 is 0 Å². The van der Waals surface area contributed by atoms with Crippen molar-refractivity contribution in [1.82, 2.24) is 15.5 Å². The van der Waals surface area contributed by atoms with Crippen molar-refractivity contribution in [2.24, 2.45) is 5.92 Å². The van der Waals surface area contributed by atoms with E-state index in [1.165, 1.54) is 35.6 Å². The number of rotatable bonds is 8. The molecule has 0 aliphatic heterocycles. The Kier molecular flexibility index (Phi) is 6.01. The average molecular weight is 455 g/mol. The van der Waals surface area contributed by atoms with E-state index in [2.05, 4.69) is 15.5 Å². The van der Waals surface area contributed by atoms with Crippen molar-refractivity contribution in [3.63, 3.8) is 0 Å². The second kappa shape index (κ2) is 8.74. The Bertz CT molecular complexity index is 1190. The number of carbonyl (C=O) groups is 1. The van der Waals surface area contributed by atoms with E-state index in [0.717, 1.165) is 12.8 Å². The maximum absolute atomic E-state index is 12.9. The third kappa shape index (κ3) is 4.52. The van der Waals surface area contributed by atoms with E-state index in [1.54, 1.807) is 24.3 Å². The molecular weight excluding hydrogens is 428 g/mol. The molecule has 0 saturated heterocycles. The van der Waals surface area contributed by atoms with Gasteiger partial charge in [-0.25, -0.2) is 8.42 Å². The highest BCUT2D eigenvalue weighted by Crippen LogP contribution is 2.38. The third-order valence-corrected chi connectivity index (χ3v) is 7.31. The molecule has 0 spiro atoms. The topological polar surface area (TPSA) is 105 Å². The van der Waals surface area contributed by atoms with E-state index in [0.29, 0.717) is 28.9 Å². The van der Waals surface area contributed by atoms with Crippen LogP contribution in [0.5, 0.6) is 0 Å². The smallest absolute Gasteiger partial charge is 0.264 e. The van der Waals surface area contributed by atoms with Crippen molar-refractivity contribution in [3.8, 4) is 0 Å². The Hall–Kier alpha value is -3.20. The fourth-order valence-electron chi connectivity index (χ4n) is 3.33. The van der Waals surface area contributed by atoms with Crippen LogP contribution in [-0.4, -0.2) is 31.5 Å². The van der Waals surface area contributed by atoms with Crippen LogP contribution in [0, 0.1) is 5.92 Å². The first-order valence-corrected chi connectivity index (χ1v) is 12.0. The molecule has 1 saturated carbocycles. The summed E-state index contributed by atoms with van der Waals surface area (Å²) >= 11 is 0.